The molecule has 0 radical (unpaired) electrons. The van der Waals surface area contributed by atoms with E-state index in [2.05, 4.69) is 40.1 Å². The molecule has 1 aromatic rings. The molecule has 0 aromatic carbocycles. The van der Waals surface area contributed by atoms with Crippen molar-refractivity contribution in [1.29, 1.82) is 0 Å². The summed E-state index contributed by atoms with van der Waals surface area (Å²) in [5.41, 5.74) is 1.03. The van der Waals surface area contributed by atoms with E-state index in [0.717, 1.165) is 22.3 Å². The van der Waals surface area contributed by atoms with Crippen LogP contribution in [-0.4, -0.2) is 16.4 Å². The molecule has 0 saturated heterocycles. The van der Waals surface area contributed by atoms with Crippen molar-refractivity contribution in [1.82, 2.24) is 4.98 Å². The zero-order valence-corrected chi connectivity index (χ0v) is 11.6. The number of halogens is 2. The van der Waals surface area contributed by atoms with Crippen molar-refractivity contribution in [3.8, 4) is 0 Å². The fourth-order valence-electron chi connectivity index (χ4n) is 1.17. The van der Waals surface area contributed by atoms with Gasteiger partial charge in [-0.05, 0) is 47.8 Å². The smallest absolute Gasteiger partial charge is 0.129 e. The maximum atomic E-state index is 5.94. The van der Waals surface area contributed by atoms with Crippen molar-refractivity contribution >= 4 is 33.3 Å². The van der Waals surface area contributed by atoms with Crippen LogP contribution in [0.15, 0.2) is 16.7 Å². The van der Waals surface area contributed by atoms with E-state index in [4.69, 9.17) is 11.6 Å². The van der Waals surface area contributed by atoms with Crippen molar-refractivity contribution in [2.75, 3.05) is 11.2 Å². The summed E-state index contributed by atoms with van der Waals surface area (Å²) in [7, 11) is 0. The molecule has 1 N–H and O–H groups in total. The summed E-state index contributed by atoms with van der Waals surface area (Å²) in [4.78, 5) is 4.34. The fraction of sp³-hybridized carbons (Fsp3) is 0.545. The first-order chi connectivity index (χ1) is 7.00. The van der Waals surface area contributed by atoms with Gasteiger partial charge in [-0.25, -0.2) is 4.98 Å². The molecule has 4 heteroatoms. The summed E-state index contributed by atoms with van der Waals surface area (Å²) in [5, 5.41) is 3.39. The average molecular weight is 292 g/mol. The van der Waals surface area contributed by atoms with Crippen molar-refractivity contribution in [2.24, 2.45) is 0 Å². The first kappa shape index (κ1) is 12.8. The lowest BCUT2D eigenvalue weighted by molar-refractivity contribution is 0.551. The highest BCUT2D eigenvalue weighted by atomic mass is 79.9. The minimum atomic E-state index is -0.0901. The largest absolute Gasteiger partial charge is 0.364 e. The van der Waals surface area contributed by atoms with Gasteiger partial charge in [-0.15, -0.1) is 11.6 Å². The van der Waals surface area contributed by atoms with E-state index in [9.17, 15) is 0 Å². The fourth-order valence-corrected chi connectivity index (χ4v) is 1.88. The van der Waals surface area contributed by atoms with Gasteiger partial charge in [0, 0.05) is 22.1 Å². The number of rotatable bonds is 4. The molecule has 0 saturated carbocycles. The molecule has 0 spiro atoms. The molecule has 2 nitrogen and oxygen atoms in total. The standard InChI is InChI=1S/C11H16BrClN2/c1-4-11(3,7-13)15-10-8(2)5-9(12)6-14-10/h5-6H,4,7H2,1-3H3,(H,14,15). The maximum Gasteiger partial charge on any atom is 0.129 e. The van der Waals surface area contributed by atoms with Gasteiger partial charge in [0.1, 0.15) is 5.82 Å². The molecule has 84 valence electrons. The Balaban J connectivity index is 2.89. The first-order valence-corrected chi connectivity index (χ1v) is 6.30. The molecule has 0 aliphatic rings. The Hall–Kier alpha value is -0.280. The number of hydrogen-bond acceptors (Lipinski definition) is 2. The average Bonchev–Trinajstić information content (AvgIpc) is 2.22. The van der Waals surface area contributed by atoms with Crippen LogP contribution in [0.3, 0.4) is 0 Å². The maximum absolute atomic E-state index is 5.94. The van der Waals surface area contributed by atoms with E-state index in [1.54, 1.807) is 6.20 Å². The molecular weight excluding hydrogens is 275 g/mol. The van der Waals surface area contributed by atoms with Crippen LogP contribution >= 0.6 is 27.5 Å². The Morgan fingerprint density at radius 3 is 2.73 bits per heavy atom. The lowest BCUT2D eigenvalue weighted by atomic mass is 10.0. The van der Waals surface area contributed by atoms with Gasteiger partial charge in [0.15, 0.2) is 0 Å². The third-order valence-electron chi connectivity index (χ3n) is 2.54. The molecule has 0 aliphatic carbocycles. The second kappa shape index (κ2) is 5.17. The summed E-state index contributed by atoms with van der Waals surface area (Å²) >= 11 is 9.34. The van der Waals surface area contributed by atoms with Gasteiger partial charge in [0.05, 0.1) is 0 Å². The molecule has 1 aromatic heterocycles. The molecule has 0 fully saturated rings. The molecule has 1 unspecified atom stereocenters. The third kappa shape index (κ3) is 3.35. The highest BCUT2D eigenvalue weighted by Gasteiger charge is 2.21. The Morgan fingerprint density at radius 2 is 2.27 bits per heavy atom. The highest BCUT2D eigenvalue weighted by Crippen LogP contribution is 2.22. The number of pyridine rings is 1. The second-order valence-electron chi connectivity index (χ2n) is 3.99. The zero-order chi connectivity index (χ0) is 11.5. The molecule has 1 heterocycles. The van der Waals surface area contributed by atoms with Gasteiger partial charge < -0.3 is 5.32 Å². The monoisotopic (exact) mass is 290 g/mol. The predicted octanol–water partition coefficient (Wildman–Crippen LogP) is 3.97. The van der Waals surface area contributed by atoms with Crippen LogP contribution in [0, 0.1) is 6.92 Å². The van der Waals surface area contributed by atoms with Gasteiger partial charge in [0.2, 0.25) is 0 Å². The molecule has 0 amide bonds. The van der Waals surface area contributed by atoms with Crippen molar-refractivity contribution in [2.45, 2.75) is 32.7 Å². The SMILES string of the molecule is CCC(C)(CCl)Nc1ncc(Br)cc1C. The van der Waals surface area contributed by atoms with Crippen LogP contribution in [0.1, 0.15) is 25.8 Å². The third-order valence-corrected chi connectivity index (χ3v) is 3.56. The summed E-state index contributed by atoms with van der Waals surface area (Å²) in [6.07, 6.45) is 2.76. The van der Waals surface area contributed by atoms with Crippen molar-refractivity contribution in [3.05, 3.63) is 22.3 Å². The van der Waals surface area contributed by atoms with Crippen LogP contribution in [0.4, 0.5) is 5.82 Å². The summed E-state index contributed by atoms with van der Waals surface area (Å²) < 4.78 is 0.995. The van der Waals surface area contributed by atoms with Gasteiger partial charge in [0.25, 0.3) is 0 Å². The number of alkyl halides is 1. The van der Waals surface area contributed by atoms with Crippen LogP contribution in [0.25, 0.3) is 0 Å². The normalized spacial score (nSPS) is 14.7. The topological polar surface area (TPSA) is 24.9 Å². The number of nitrogens with one attached hydrogen (secondary N) is 1. The quantitative estimate of drug-likeness (QED) is 0.849. The zero-order valence-electron chi connectivity index (χ0n) is 9.27. The Labute approximate surface area is 105 Å². The van der Waals surface area contributed by atoms with E-state index in [1.165, 1.54) is 0 Å². The number of anilines is 1. The molecule has 0 bridgehead atoms. The van der Waals surface area contributed by atoms with E-state index in [0.29, 0.717) is 5.88 Å². The van der Waals surface area contributed by atoms with Gasteiger partial charge in [-0.1, -0.05) is 6.92 Å². The molecule has 1 atom stereocenters. The lowest BCUT2D eigenvalue weighted by Gasteiger charge is -2.28. The summed E-state index contributed by atoms with van der Waals surface area (Å²) in [5.74, 6) is 1.48. The number of hydrogen-bond donors (Lipinski definition) is 1. The lowest BCUT2D eigenvalue weighted by Crippen LogP contribution is -2.36. The van der Waals surface area contributed by atoms with Gasteiger partial charge in [-0.3, -0.25) is 0 Å². The van der Waals surface area contributed by atoms with E-state index in [1.807, 2.05) is 13.0 Å². The first-order valence-electron chi connectivity index (χ1n) is 4.97. The second-order valence-corrected chi connectivity index (χ2v) is 5.17. The summed E-state index contributed by atoms with van der Waals surface area (Å²) in [6.45, 7) is 6.25. The van der Waals surface area contributed by atoms with Crippen LogP contribution in [0.2, 0.25) is 0 Å². The number of nitrogens with zero attached hydrogens (tertiary/aromatic N) is 1. The van der Waals surface area contributed by atoms with Gasteiger partial charge >= 0.3 is 0 Å². The van der Waals surface area contributed by atoms with Crippen LogP contribution < -0.4 is 5.32 Å². The predicted molar refractivity (Wildman–Crippen MR) is 69.7 cm³/mol. The Bertz CT molecular complexity index is 337. The minimum Gasteiger partial charge on any atom is -0.364 e. The number of aromatic nitrogens is 1. The van der Waals surface area contributed by atoms with Crippen molar-refractivity contribution in [3.63, 3.8) is 0 Å². The van der Waals surface area contributed by atoms with Crippen molar-refractivity contribution < 1.29 is 0 Å². The number of aryl methyl sites for hydroxylation is 1. The molecular formula is C11H16BrClN2. The molecule has 15 heavy (non-hydrogen) atoms. The molecule has 1 rings (SSSR count). The highest BCUT2D eigenvalue weighted by molar-refractivity contribution is 9.10. The summed E-state index contributed by atoms with van der Waals surface area (Å²) in [6, 6.07) is 2.04. The van der Waals surface area contributed by atoms with E-state index in [-0.39, 0.29) is 5.54 Å². The van der Waals surface area contributed by atoms with Gasteiger partial charge in [-0.2, -0.15) is 0 Å². The Kier molecular flexibility index (Phi) is 4.41. The Morgan fingerprint density at radius 1 is 1.60 bits per heavy atom. The van der Waals surface area contributed by atoms with E-state index >= 15 is 0 Å². The van der Waals surface area contributed by atoms with Crippen LogP contribution in [0.5, 0.6) is 0 Å². The molecule has 0 aliphatic heterocycles. The minimum absolute atomic E-state index is 0.0901. The van der Waals surface area contributed by atoms with E-state index < -0.39 is 0 Å². The van der Waals surface area contributed by atoms with Crippen LogP contribution in [-0.2, 0) is 0 Å².